The molecule has 2 aliphatic rings. The van der Waals surface area contributed by atoms with Crippen molar-refractivity contribution in [3.05, 3.63) is 0 Å². The van der Waals surface area contributed by atoms with Gasteiger partial charge in [-0.3, -0.25) is 0 Å². The van der Waals surface area contributed by atoms with Gasteiger partial charge in [-0.2, -0.15) is 0 Å². The van der Waals surface area contributed by atoms with E-state index in [0.717, 1.165) is 6.54 Å². The monoisotopic (exact) mass is 224 g/mol. The third-order valence-electron chi connectivity index (χ3n) is 5.89. The molecule has 0 aliphatic heterocycles. The Bertz CT molecular complexity index is 268. The van der Waals surface area contributed by atoms with Crippen LogP contribution in [-0.4, -0.2) is 18.6 Å². The Morgan fingerprint density at radius 1 is 1.12 bits per heavy atom. The first-order valence-electron chi connectivity index (χ1n) is 6.71. The summed E-state index contributed by atoms with van der Waals surface area (Å²) in [6.45, 7) is 12.9. The summed E-state index contributed by atoms with van der Waals surface area (Å²) in [4.78, 5) is 0. The molecule has 0 aromatic carbocycles. The van der Waals surface area contributed by atoms with Crippen LogP contribution in [0, 0.1) is 16.2 Å². The molecule has 2 heteroatoms. The van der Waals surface area contributed by atoms with Gasteiger partial charge in [-0.15, -0.1) is 0 Å². The Hall–Kier alpha value is -0.0800. The number of hydrogen-bond acceptors (Lipinski definition) is 2. The summed E-state index contributed by atoms with van der Waals surface area (Å²) in [6.07, 6.45) is 3.79. The number of nitrogens with two attached hydrogens (primary N) is 1. The lowest BCUT2D eigenvalue weighted by molar-refractivity contribution is 0.270. The van der Waals surface area contributed by atoms with Crippen molar-refractivity contribution in [3.63, 3.8) is 0 Å². The lowest BCUT2D eigenvalue weighted by Crippen LogP contribution is -2.43. The van der Waals surface area contributed by atoms with E-state index in [-0.39, 0.29) is 0 Å². The van der Waals surface area contributed by atoms with Gasteiger partial charge in [0, 0.05) is 18.6 Å². The summed E-state index contributed by atoms with van der Waals surface area (Å²) in [7, 11) is 0. The smallest absolute Gasteiger partial charge is 0.0181 e. The summed E-state index contributed by atoms with van der Waals surface area (Å²) in [6, 6.07) is 1.05. The molecule has 2 saturated carbocycles. The normalized spacial score (nSPS) is 41.2. The lowest BCUT2D eigenvalue weighted by Gasteiger charge is -2.30. The zero-order valence-electron chi connectivity index (χ0n) is 11.6. The summed E-state index contributed by atoms with van der Waals surface area (Å²) < 4.78 is 0. The minimum Gasteiger partial charge on any atom is -0.327 e. The largest absolute Gasteiger partial charge is 0.327 e. The molecule has 2 rings (SSSR count). The summed E-state index contributed by atoms with van der Waals surface area (Å²) in [5.41, 5.74) is 7.42. The van der Waals surface area contributed by atoms with Crippen LogP contribution < -0.4 is 11.1 Å². The average Bonchev–Trinajstić information content (AvgIpc) is 2.41. The van der Waals surface area contributed by atoms with E-state index in [4.69, 9.17) is 5.73 Å². The first kappa shape index (κ1) is 12.4. The Kier molecular flexibility index (Phi) is 2.67. The van der Waals surface area contributed by atoms with Gasteiger partial charge in [0.1, 0.15) is 0 Å². The molecule has 0 aromatic heterocycles. The van der Waals surface area contributed by atoms with E-state index in [1.807, 2.05) is 0 Å². The van der Waals surface area contributed by atoms with Crippen molar-refractivity contribution in [2.45, 2.75) is 66.0 Å². The highest BCUT2D eigenvalue weighted by Gasteiger charge is 2.64. The second-order valence-electron chi connectivity index (χ2n) is 7.41. The number of rotatable bonds is 3. The summed E-state index contributed by atoms with van der Waals surface area (Å²) >= 11 is 0. The van der Waals surface area contributed by atoms with E-state index < -0.39 is 0 Å². The standard InChI is InChI=1S/C14H28N2/c1-12(2)11(13(12,3)4)16-9-14(5)8-6-7-10(14)15/h10-11,16H,6-9,15H2,1-5H3. The van der Waals surface area contributed by atoms with Crippen molar-refractivity contribution in [1.82, 2.24) is 5.32 Å². The third kappa shape index (κ3) is 1.62. The van der Waals surface area contributed by atoms with E-state index in [9.17, 15) is 0 Å². The fourth-order valence-corrected chi connectivity index (χ4v) is 3.52. The van der Waals surface area contributed by atoms with Gasteiger partial charge in [0.25, 0.3) is 0 Å². The molecular formula is C14H28N2. The van der Waals surface area contributed by atoms with Crippen LogP contribution in [0.4, 0.5) is 0 Å². The van der Waals surface area contributed by atoms with Crippen molar-refractivity contribution in [1.29, 1.82) is 0 Å². The molecule has 0 heterocycles. The maximum Gasteiger partial charge on any atom is 0.0181 e. The van der Waals surface area contributed by atoms with Crippen LogP contribution in [0.15, 0.2) is 0 Å². The molecule has 2 unspecified atom stereocenters. The molecular weight excluding hydrogens is 196 g/mol. The van der Waals surface area contributed by atoms with Crippen molar-refractivity contribution in [2.75, 3.05) is 6.54 Å². The highest BCUT2D eigenvalue weighted by molar-refractivity contribution is 5.18. The molecule has 3 N–H and O–H groups in total. The predicted molar refractivity (Wildman–Crippen MR) is 69.3 cm³/mol. The lowest BCUT2D eigenvalue weighted by atomic mass is 9.85. The van der Waals surface area contributed by atoms with Crippen LogP contribution in [0.2, 0.25) is 0 Å². The molecule has 0 bridgehead atoms. The molecule has 0 aromatic rings. The van der Waals surface area contributed by atoms with Crippen molar-refractivity contribution >= 4 is 0 Å². The average molecular weight is 224 g/mol. The molecule has 16 heavy (non-hydrogen) atoms. The molecule has 2 aliphatic carbocycles. The first-order valence-corrected chi connectivity index (χ1v) is 6.71. The maximum atomic E-state index is 6.22. The molecule has 2 fully saturated rings. The predicted octanol–water partition coefficient (Wildman–Crippen LogP) is 2.53. The fraction of sp³-hybridized carbons (Fsp3) is 1.00. The number of hydrogen-bond donors (Lipinski definition) is 2. The minimum atomic E-state index is 0.328. The van der Waals surface area contributed by atoms with Crippen LogP contribution in [0.25, 0.3) is 0 Å². The van der Waals surface area contributed by atoms with Gasteiger partial charge in [0.15, 0.2) is 0 Å². The van der Waals surface area contributed by atoms with Crippen molar-refractivity contribution < 1.29 is 0 Å². The summed E-state index contributed by atoms with van der Waals surface area (Å²) in [5, 5.41) is 3.77. The SMILES string of the molecule is CC1(CNC2C(C)(C)C2(C)C)CCCC1N. The molecule has 0 saturated heterocycles. The zero-order chi connectivity index (χ0) is 12.2. The number of nitrogens with one attached hydrogen (secondary N) is 1. The van der Waals surface area contributed by atoms with Gasteiger partial charge in [0.05, 0.1) is 0 Å². The Morgan fingerprint density at radius 3 is 2.06 bits per heavy atom. The van der Waals surface area contributed by atoms with Crippen LogP contribution in [-0.2, 0) is 0 Å². The van der Waals surface area contributed by atoms with Gasteiger partial charge in [-0.1, -0.05) is 41.0 Å². The van der Waals surface area contributed by atoms with Gasteiger partial charge in [-0.05, 0) is 29.1 Å². The highest BCUT2D eigenvalue weighted by atomic mass is 15.1. The van der Waals surface area contributed by atoms with Crippen molar-refractivity contribution in [3.8, 4) is 0 Å². The molecule has 0 amide bonds. The van der Waals surface area contributed by atoms with E-state index in [1.54, 1.807) is 0 Å². The van der Waals surface area contributed by atoms with Gasteiger partial charge in [0.2, 0.25) is 0 Å². The minimum absolute atomic E-state index is 0.328. The fourth-order valence-electron chi connectivity index (χ4n) is 3.52. The Labute approximate surface area is 100 Å². The quantitative estimate of drug-likeness (QED) is 0.773. The molecule has 0 radical (unpaired) electrons. The van der Waals surface area contributed by atoms with Crippen LogP contribution in [0.3, 0.4) is 0 Å². The summed E-state index contributed by atoms with van der Waals surface area (Å²) in [5.74, 6) is 0. The van der Waals surface area contributed by atoms with Crippen LogP contribution in [0.1, 0.15) is 53.9 Å². The second-order valence-corrected chi connectivity index (χ2v) is 7.41. The van der Waals surface area contributed by atoms with Crippen LogP contribution >= 0.6 is 0 Å². The highest BCUT2D eigenvalue weighted by Crippen LogP contribution is 2.62. The van der Waals surface area contributed by atoms with Gasteiger partial charge < -0.3 is 11.1 Å². The Balaban J connectivity index is 1.90. The maximum absolute atomic E-state index is 6.22. The zero-order valence-corrected chi connectivity index (χ0v) is 11.6. The molecule has 2 nitrogen and oxygen atoms in total. The Morgan fingerprint density at radius 2 is 1.69 bits per heavy atom. The van der Waals surface area contributed by atoms with E-state index in [2.05, 4.69) is 39.9 Å². The van der Waals surface area contributed by atoms with E-state index in [0.29, 0.717) is 28.3 Å². The second kappa shape index (κ2) is 3.46. The third-order valence-corrected chi connectivity index (χ3v) is 5.89. The van der Waals surface area contributed by atoms with E-state index >= 15 is 0 Å². The topological polar surface area (TPSA) is 38.0 Å². The van der Waals surface area contributed by atoms with E-state index in [1.165, 1.54) is 19.3 Å². The van der Waals surface area contributed by atoms with Gasteiger partial charge in [-0.25, -0.2) is 0 Å². The molecule has 94 valence electrons. The molecule has 0 spiro atoms. The first-order chi connectivity index (χ1) is 7.22. The van der Waals surface area contributed by atoms with Crippen LogP contribution in [0.5, 0.6) is 0 Å². The van der Waals surface area contributed by atoms with Crippen molar-refractivity contribution in [2.24, 2.45) is 22.0 Å². The van der Waals surface area contributed by atoms with Gasteiger partial charge >= 0.3 is 0 Å². The molecule has 2 atom stereocenters.